The second-order valence-corrected chi connectivity index (χ2v) is 9.26. The minimum absolute atomic E-state index is 0.00551. The summed E-state index contributed by atoms with van der Waals surface area (Å²) in [6, 6.07) is 13.1. The fourth-order valence-corrected chi connectivity index (χ4v) is 5.00. The Hall–Kier alpha value is -4.20. The number of hydrogen-bond donors (Lipinski definition) is 1. The average molecular weight is 514 g/mol. The summed E-state index contributed by atoms with van der Waals surface area (Å²) in [4.78, 5) is 17.2. The smallest absolute Gasteiger partial charge is 0.255 e. The van der Waals surface area contributed by atoms with Gasteiger partial charge in [0.15, 0.2) is 0 Å². The zero-order valence-corrected chi connectivity index (χ0v) is 21.0. The van der Waals surface area contributed by atoms with Crippen LogP contribution in [0.25, 0.3) is 11.1 Å². The van der Waals surface area contributed by atoms with Gasteiger partial charge in [-0.15, -0.1) is 0 Å². The lowest BCUT2D eigenvalue weighted by Gasteiger charge is -2.29. The number of anilines is 1. The van der Waals surface area contributed by atoms with Gasteiger partial charge in [0.05, 0.1) is 12.6 Å². The number of rotatable bonds is 5. The predicted octanol–water partition coefficient (Wildman–Crippen LogP) is 5.29. The third-order valence-corrected chi connectivity index (χ3v) is 6.96. The van der Waals surface area contributed by atoms with E-state index < -0.39 is 29.4 Å². The maximum absolute atomic E-state index is 15.3. The van der Waals surface area contributed by atoms with Crippen LogP contribution in [0, 0.1) is 41.1 Å². The molecule has 0 aliphatic carbocycles. The van der Waals surface area contributed by atoms with Gasteiger partial charge in [0.25, 0.3) is 5.91 Å². The molecule has 5 rings (SSSR count). The monoisotopic (exact) mass is 513 g/mol. The molecule has 0 bridgehead atoms. The van der Waals surface area contributed by atoms with Crippen LogP contribution in [-0.2, 0) is 6.54 Å². The SMILES string of the molecule is CC#CC#CCC(c1cc(F)ccc1F)N1Cc2c(F)cc(-c3ccc(N4CCNCC4)cc3)cc2C1=O. The highest BCUT2D eigenvalue weighted by Crippen LogP contribution is 2.38. The molecule has 38 heavy (non-hydrogen) atoms. The lowest BCUT2D eigenvalue weighted by molar-refractivity contribution is 0.0700. The van der Waals surface area contributed by atoms with Crippen molar-refractivity contribution >= 4 is 11.6 Å². The quantitative estimate of drug-likeness (QED) is 0.471. The Bertz CT molecular complexity index is 1490. The summed E-state index contributed by atoms with van der Waals surface area (Å²) in [5, 5.41) is 3.33. The second-order valence-electron chi connectivity index (χ2n) is 9.26. The van der Waals surface area contributed by atoms with E-state index in [4.69, 9.17) is 0 Å². The van der Waals surface area contributed by atoms with Crippen LogP contribution < -0.4 is 10.2 Å². The van der Waals surface area contributed by atoms with Gasteiger partial charge in [0, 0.05) is 55.0 Å². The number of amides is 1. The number of carbonyl (C=O) groups is 1. The van der Waals surface area contributed by atoms with Gasteiger partial charge in [-0.3, -0.25) is 4.79 Å². The molecule has 0 aromatic heterocycles. The fourth-order valence-electron chi connectivity index (χ4n) is 5.00. The Morgan fingerprint density at radius 2 is 1.68 bits per heavy atom. The van der Waals surface area contributed by atoms with Crippen molar-refractivity contribution in [3.8, 4) is 34.8 Å². The van der Waals surface area contributed by atoms with E-state index in [1.54, 1.807) is 13.0 Å². The van der Waals surface area contributed by atoms with Crippen LogP contribution in [0.3, 0.4) is 0 Å². The number of hydrogen-bond acceptors (Lipinski definition) is 3. The van der Waals surface area contributed by atoms with E-state index in [1.807, 2.05) is 24.3 Å². The molecule has 0 spiro atoms. The van der Waals surface area contributed by atoms with E-state index in [0.717, 1.165) is 55.6 Å². The van der Waals surface area contributed by atoms with Crippen molar-refractivity contribution in [2.75, 3.05) is 31.1 Å². The second kappa shape index (κ2) is 11.0. The van der Waals surface area contributed by atoms with E-state index in [0.29, 0.717) is 5.56 Å². The van der Waals surface area contributed by atoms with Gasteiger partial charge in [-0.1, -0.05) is 24.0 Å². The van der Waals surface area contributed by atoms with Gasteiger partial charge in [-0.25, -0.2) is 13.2 Å². The Morgan fingerprint density at radius 3 is 2.42 bits per heavy atom. The zero-order chi connectivity index (χ0) is 26.6. The fraction of sp³-hybridized carbons (Fsp3) is 0.258. The number of fused-ring (bicyclic) bond motifs is 1. The van der Waals surface area contributed by atoms with E-state index in [2.05, 4.69) is 33.9 Å². The third kappa shape index (κ3) is 5.11. The molecule has 0 saturated carbocycles. The van der Waals surface area contributed by atoms with Crippen molar-refractivity contribution in [2.24, 2.45) is 0 Å². The molecule has 3 aromatic rings. The number of carbonyl (C=O) groups excluding carboxylic acids is 1. The summed E-state index contributed by atoms with van der Waals surface area (Å²) in [7, 11) is 0. The van der Waals surface area contributed by atoms with Gasteiger partial charge in [0.2, 0.25) is 0 Å². The zero-order valence-electron chi connectivity index (χ0n) is 21.0. The highest BCUT2D eigenvalue weighted by Gasteiger charge is 2.36. The Labute approximate surface area is 220 Å². The molecule has 192 valence electrons. The normalized spacial score (nSPS) is 15.3. The molecule has 0 radical (unpaired) electrons. The van der Waals surface area contributed by atoms with E-state index in [1.165, 1.54) is 11.0 Å². The molecular formula is C31H26F3N3O. The molecule has 2 aliphatic heterocycles. The average Bonchev–Trinajstić information content (AvgIpc) is 3.27. The van der Waals surface area contributed by atoms with Crippen molar-refractivity contribution in [2.45, 2.75) is 25.9 Å². The van der Waals surface area contributed by atoms with E-state index in [-0.39, 0.29) is 29.7 Å². The Balaban J connectivity index is 1.46. The number of piperazine rings is 1. The lowest BCUT2D eigenvalue weighted by Crippen LogP contribution is -2.43. The highest BCUT2D eigenvalue weighted by atomic mass is 19.1. The molecule has 1 atom stereocenters. The summed E-state index contributed by atoms with van der Waals surface area (Å²) in [6.07, 6.45) is 0.0245. The number of halogens is 3. The molecule has 1 N–H and O–H groups in total. The minimum Gasteiger partial charge on any atom is -0.369 e. The summed E-state index contributed by atoms with van der Waals surface area (Å²) in [6.45, 7) is 5.25. The molecule has 1 unspecified atom stereocenters. The Morgan fingerprint density at radius 1 is 0.921 bits per heavy atom. The van der Waals surface area contributed by atoms with Gasteiger partial charge in [-0.05, 0) is 72.4 Å². The summed E-state index contributed by atoms with van der Waals surface area (Å²) in [5.74, 6) is 8.50. The van der Waals surface area contributed by atoms with Gasteiger partial charge < -0.3 is 15.1 Å². The minimum atomic E-state index is -0.905. The first-order valence-electron chi connectivity index (χ1n) is 12.5. The maximum atomic E-state index is 15.3. The number of nitrogens with one attached hydrogen (secondary N) is 1. The van der Waals surface area contributed by atoms with Gasteiger partial charge in [-0.2, -0.15) is 0 Å². The van der Waals surface area contributed by atoms with Crippen LogP contribution in [0.2, 0.25) is 0 Å². The van der Waals surface area contributed by atoms with Crippen LogP contribution in [0.15, 0.2) is 54.6 Å². The van der Waals surface area contributed by atoms with Gasteiger partial charge >= 0.3 is 0 Å². The largest absolute Gasteiger partial charge is 0.369 e. The molecule has 2 heterocycles. The van der Waals surface area contributed by atoms with Crippen LogP contribution in [0.1, 0.15) is 40.9 Å². The summed E-state index contributed by atoms with van der Waals surface area (Å²) < 4.78 is 44.2. The molecule has 2 aliphatic rings. The van der Waals surface area contributed by atoms with Crippen LogP contribution in [0.4, 0.5) is 18.9 Å². The van der Waals surface area contributed by atoms with E-state index >= 15 is 4.39 Å². The van der Waals surface area contributed by atoms with Crippen molar-refractivity contribution in [1.82, 2.24) is 10.2 Å². The molecule has 1 fully saturated rings. The molecular weight excluding hydrogens is 487 g/mol. The summed E-state index contributed by atoms with van der Waals surface area (Å²) in [5.41, 5.74) is 2.90. The highest BCUT2D eigenvalue weighted by molar-refractivity contribution is 6.00. The molecule has 3 aromatic carbocycles. The molecule has 4 nitrogen and oxygen atoms in total. The first-order chi connectivity index (χ1) is 18.5. The topological polar surface area (TPSA) is 35.6 Å². The van der Waals surface area contributed by atoms with Crippen molar-refractivity contribution < 1.29 is 18.0 Å². The molecule has 7 heteroatoms. The van der Waals surface area contributed by atoms with Crippen molar-refractivity contribution in [3.05, 3.63) is 88.7 Å². The number of benzene rings is 3. The lowest BCUT2D eigenvalue weighted by atomic mass is 9.99. The molecule has 1 amide bonds. The standard InChI is InChI=1S/C31H26F3N3O/c1-2-3-4-5-6-30(26-19-23(32)9-12-28(26)33)37-20-27-25(31(37)38)17-22(18-29(27)34)21-7-10-24(11-8-21)36-15-13-35-14-16-36/h7-12,17-19,30,35H,6,13-16,20H2,1H3. The third-order valence-electron chi connectivity index (χ3n) is 6.96. The maximum Gasteiger partial charge on any atom is 0.255 e. The van der Waals surface area contributed by atoms with Crippen molar-refractivity contribution in [3.63, 3.8) is 0 Å². The van der Waals surface area contributed by atoms with Crippen LogP contribution in [-0.4, -0.2) is 37.0 Å². The van der Waals surface area contributed by atoms with Crippen LogP contribution >= 0.6 is 0 Å². The van der Waals surface area contributed by atoms with Crippen LogP contribution in [0.5, 0.6) is 0 Å². The Kier molecular flexibility index (Phi) is 7.40. The van der Waals surface area contributed by atoms with Crippen molar-refractivity contribution in [1.29, 1.82) is 0 Å². The predicted molar refractivity (Wildman–Crippen MR) is 142 cm³/mol. The number of nitrogens with zero attached hydrogens (tertiary/aromatic N) is 2. The molecule has 1 saturated heterocycles. The first-order valence-corrected chi connectivity index (χ1v) is 12.5. The van der Waals surface area contributed by atoms with E-state index in [9.17, 15) is 13.6 Å². The van der Waals surface area contributed by atoms with Gasteiger partial charge in [0.1, 0.15) is 17.5 Å². The summed E-state index contributed by atoms with van der Waals surface area (Å²) >= 11 is 0. The first kappa shape index (κ1) is 25.4.